The predicted molar refractivity (Wildman–Crippen MR) is 90.6 cm³/mol. The zero-order valence-corrected chi connectivity index (χ0v) is 14.1. The number of rotatable bonds is 5. The number of piperidine rings is 1. The molecule has 1 unspecified atom stereocenters. The van der Waals surface area contributed by atoms with E-state index in [1.165, 1.54) is 49.2 Å². The lowest BCUT2D eigenvalue weighted by molar-refractivity contribution is 0.156. The summed E-state index contributed by atoms with van der Waals surface area (Å²) in [5.41, 5.74) is 10.4. The molecule has 1 aliphatic heterocycles. The SMILES string of the molecule is Cc1ccc(C(N)CN2CCC(CN(C)C)CC2)c(C)c1. The third-order valence-electron chi connectivity index (χ3n) is 4.61. The second-order valence-electron chi connectivity index (χ2n) is 6.97. The van der Waals surface area contributed by atoms with Crippen LogP contribution in [0.1, 0.15) is 35.6 Å². The van der Waals surface area contributed by atoms with Crippen molar-refractivity contribution in [3.63, 3.8) is 0 Å². The van der Waals surface area contributed by atoms with Gasteiger partial charge in [0.1, 0.15) is 0 Å². The van der Waals surface area contributed by atoms with Crippen LogP contribution in [0.5, 0.6) is 0 Å². The Kier molecular flexibility index (Phi) is 5.80. The lowest BCUT2D eigenvalue weighted by Crippen LogP contribution is -2.40. The Morgan fingerprint density at radius 1 is 1.24 bits per heavy atom. The first-order valence-corrected chi connectivity index (χ1v) is 8.15. The summed E-state index contributed by atoms with van der Waals surface area (Å²) in [7, 11) is 4.34. The van der Waals surface area contributed by atoms with Crippen LogP contribution in [0, 0.1) is 19.8 Å². The zero-order chi connectivity index (χ0) is 15.4. The van der Waals surface area contributed by atoms with Crippen LogP contribution in [0.2, 0.25) is 0 Å². The molecule has 0 saturated carbocycles. The van der Waals surface area contributed by atoms with Crippen LogP contribution in [-0.2, 0) is 0 Å². The lowest BCUT2D eigenvalue weighted by Gasteiger charge is -2.34. The van der Waals surface area contributed by atoms with Gasteiger partial charge < -0.3 is 15.5 Å². The van der Waals surface area contributed by atoms with E-state index in [0.717, 1.165) is 12.5 Å². The Morgan fingerprint density at radius 3 is 2.48 bits per heavy atom. The fourth-order valence-corrected chi connectivity index (χ4v) is 3.49. The van der Waals surface area contributed by atoms with Gasteiger partial charge in [-0.3, -0.25) is 0 Å². The molecule has 1 aliphatic rings. The molecule has 118 valence electrons. The van der Waals surface area contributed by atoms with E-state index in [2.05, 4.69) is 55.9 Å². The molecule has 21 heavy (non-hydrogen) atoms. The Bertz CT molecular complexity index is 448. The van der Waals surface area contributed by atoms with Gasteiger partial charge in [-0.25, -0.2) is 0 Å². The van der Waals surface area contributed by atoms with Crippen molar-refractivity contribution in [2.24, 2.45) is 11.7 Å². The minimum atomic E-state index is 0.135. The number of hydrogen-bond donors (Lipinski definition) is 1. The molecular formula is C18H31N3. The highest BCUT2D eigenvalue weighted by molar-refractivity contribution is 5.32. The second kappa shape index (κ2) is 7.39. The average molecular weight is 289 g/mol. The van der Waals surface area contributed by atoms with Crippen molar-refractivity contribution in [1.82, 2.24) is 9.80 Å². The molecular weight excluding hydrogens is 258 g/mol. The Balaban J connectivity index is 1.85. The summed E-state index contributed by atoms with van der Waals surface area (Å²) >= 11 is 0. The summed E-state index contributed by atoms with van der Waals surface area (Å²) in [5.74, 6) is 0.855. The van der Waals surface area contributed by atoms with E-state index in [-0.39, 0.29) is 6.04 Å². The van der Waals surface area contributed by atoms with Crippen molar-refractivity contribution in [3.05, 3.63) is 34.9 Å². The zero-order valence-electron chi connectivity index (χ0n) is 14.1. The van der Waals surface area contributed by atoms with Crippen molar-refractivity contribution in [2.45, 2.75) is 32.7 Å². The number of benzene rings is 1. The fraction of sp³-hybridized carbons (Fsp3) is 0.667. The Morgan fingerprint density at radius 2 is 1.90 bits per heavy atom. The van der Waals surface area contributed by atoms with E-state index in [9.17, 15) is 0 Å². The fourth-order valence-electron chi connectivity index (χ4n) is 3.49. The van der Waals surface area contributed by atoms with Crippen molar-refractivity contribution in [2.75, 3.05) is 40.3 Å². The predicted octanol–water partition coefficient (Wildman–Crippen LogP) is 2.58. The molecule has 3 heteroatoms. The number of nitrogens with zero attached hydrogens (tertiary/aromatic N) is 2. The summed E-state index contributed by atoms with van der Waals surface area (Å²) in [6, 6.07) is 6.74. The third-order valence-corrected chi connectivity index (χ3v) is 4.61. The first-order valence-electron chi connectivity index (χ1n) is 8.15. The van der Waals surface area contributed by atoms with Gasteiger partial charge in [-0.05, 0) is 70.9 Å². The molecule has 0 aromatic heterocycles. The maximum atomic E-state index is 6.44. The topological polar surface area (TPSA) is 32.5 Å². The first-order chi connectivity index (χ1) is 9.95. The normalized spacial score (nSPS) is 19.1. The van der Waals surface area contributed by atoms with Crippen molar-refractivity contribution >= 4 is 0 Å². The average Bonchev–Trinajstić information content (AvgIpc) is 2.40. The van der Waals surface area contributed by atoms with Crippen molar-refractivity contribution < 1.29 is 0 Å². The van der Waals surface area contributed by atoms with E-state index in [4.69, 9.17) is 5.73 Å². The molecule has 0 radical (unpaired) electrons. The van der Waals surface area contributed by atoms with E-state index in [1.807, 2.05) is 0 Å². The van der Waals surface area contributed by atoms with Gasteiger partial charge >= 0.3 is 0 Å². The van der Waals surface area contributed by atoms with Gasteiger partial charge in [-0.15, -0.1) is 0 Å². The van der Waals surface area contributed by atoms with Crippen LogP contribution in [0.3, 0.4) is 0 Å². The largest absolute Gasteiger partial charge is 0.323 e. The van der Waals surface area contributed by atoms with Gasteiger partial charge in [0.2, 0.25) is 0 Å². The summed E-state index contributed by atoms with van der Waals surface area (Å²) in [4.78, 5) is 4.85. The molecule has 2 N–H and O–H groups in total. The molecule has 1 heterocycles. The summed E-state index contributed by atoms with van der Waals surface area (Å²) < 4.78 is 0. The Hall–Kier alpha value is -0.900. The minimum Gasteiger partial charge on any atom is -0.323 e. The Labute approximate surface area is 130 Å². The van der Waals surface area contributed by atoms with Crippen LogP contribution in [0.4, 0.5) is 0 Å². The highest BCUT2D eigenvalue weighted by atomic mass is 15.1. The number of nitrogens with two attached hydrogens (primary N) is 1. The van der Waals surface area contributed by atoms with E-state index in [1.54, 1.807) is 0 Å². The highest BCUT2D eigenvalue weighted by Gasteiger charge is 2.21. The number of hydrogen-bond acceptors (Lipinski definition) is 3. The number of aryl methyl sites for hydroxylation is 2. The smallest absolute Gasteiger partial charge is 0.0426 e. The molecule has 1 saturated heterocycles. The molecule has 1 aromatic rings. The number of likely N-dealkylation sites (tertiary alicyclic amines) is 1. The lowest BCUT2D eigenvalue weighted by atomic mass is 9.94. The van der Waals surface area contributed by atoms with Gasteiger partial charge in [0, 0.05) is 19.1 Å². The van der Waals surface area contributed by atoms with Crippen LogP contribution < -0.4 is 5.73 Å². The van der Waals surface area contributed by atoms with Gasteiger partial charge in [0.15, 0.2) is 0 Å². The molecule has 0 amide bonds. The van der Waals surface area contributed by atoms with Crippen molar-refractivity contribution in [1.29, 1.82) is 0 Å². The highest BCUT2D eigenvalue weighted by Crippen LogP contribution is 2.22. The van der Waals surface area contributed by atoms with E-state index < -0.39 is 0 Å². The minimum absolute atomic E-state index is 0.135. The quantitative estimate of drug-likeness (QED) is 0.904. The molecule has 0 spiro atoms. The van der Waals surface area contributed by atoms with Crippen LogP contribution in [0.25, 0.3) is 0 Å². The van der Waals surface area contributed by atoms with Gasteiger partial charge in [0.25, 0.3) is 0 Å². The molecule has 2 rings (SSSR count). The van der Waals surface area contributed by atoms with Gasteiger partial charge in [-0.1, -0.05) is 23.8 Å². The molecule has 0 bridgehead atoms. The molecule has 3 nitrogen and oxygen atoms in total. The summed E-state index contributed by atoms with van der Waals surface area (Å²) in [5, 5.41) is 0. The molecule has 1 aromatic carbocycles. The molecule has 1 fully saturated rings. The first kappa shape index (κ1) is 16.5. The maximum absolute atomic E-state index is 6.44. The van der Waals surface area contributed by atoms with E-state index in [0.29, 0.717) is 0 Å². The third kappa shape index (κ3) is 4.80. The standard InChI is InChI=1S/C18H31N3/c1-14-5-6-17(15(2)11-14)18(19)13-21-9-7-16(8-10-21)12-20(3)4/h5-6,11,16,18H,7-10,12-13,19H2,1-4H3. The van der Waals surface area contributed by atoms with Crippen molar-refractivity contribution in [3.8, 4) is 0 Å². The van der Waals surface area contributed by atoms with Crippen LogP contribution in [-0.4, -0.2) is 50.1 Å². The monoisotopic (exact) mass is 289 g/mol. The van der Waals surface area contributed by atoms with Crippen LogP contribution >= 0.6 is 0 Å². The van der Waals surface area contributed by atoms with Crippen LogP contribution in [0.15, 0.2) is 18.2 Å². The molecule has 1 atom stereocenters. The maximum Gasteiger partial charge on any atom is 0.0426 e. The second-order valence-corrected chi connectivity index (χ2v) is 6.97. The molecule has 0 aliphatic carbocycles. The van der Waals surface area contributed by atoms with Gasteiger partial charge in [0.05, 0.1) is 0 Å². The summed E-state index contributed by atoms with van der Waals surface area (Å²) in [6.45, 7) is 8.90. The van der Waals surface area contributed by atoms with E-state index >= 15 is 0 Å². The van der Waals surface area contributed by atoms with Gasteiger partial charge in [-0.2, -0.15) is 0 Å². The summed E-state index contributed by atoms with van der Waals surface area (Å²) in [6.07, 6.45) is 2.61.